The fourth-order valence-electron chi connectivity index (χ4n) is 1.71. The maximum Gasteiger partial charge on any atom is 0.237 e. The molecule has 0 aromatic heterocycles. The third-order valence-corrected chi connectivity index (χ3v) is 3.21. The zero-order valence-corrected chi connectivity index (χ0v) is 15.2. The number of nitrogens with two attached hydrogens (primary N) is 1. The lowest BCUT2D eigenvalue weighted by Crippen LogP contribution is -2.49. The van der Waals surface area contributed by atoms with Gasteiger partial charge in [-0.3, -0.25) is 4.79 Å². The summed E-state index contributed by atoms with van der Waals surface area (Å²) in [7, 11) is 3.15. The largest absolute Gasteiger partial charge is 0.496 e. The number of carbonyl (C=O) groups is 1. The molecule has 0 fully saturated rings. The van der Waals surface area contributed by atoms with Gasteiger partial charge in [-0.2, -0.15) is 0 Å². The van der Waals surface area contributed by atoms with E-state index >= 15 is 0 Å². The first-order chi connectivity index (χ1) is 10.3. The first-order valence-electron chi connectivity index (χ1n) is 7.17. The zero-order valence-electron chi connectivity index (χ0n) is 14.3. The molecule has 132 valence electrons. The molecule has 0 aliphatic carbocycles. The lowest BCUT2D eigenvalue weighted by molar-refractivity contribution is -0.124. The van der Waals surface area contributed by atoms with Crippen LogP contribution in [0.5, 0.6) is 17.2 Å². The Hall–Kier alpha value is -1.66. The van der Waals surface area contributed by atoms with Crippen molar-refractivity contribution in [2.75, 3.05) is 27.4 Å². The van der Waals surface area contributed by atoms with E-state index in [0.717, 1.165) is 0 Å². The molecule has 1 atom stereocenters. The Morgan fingerprint density at radius 3 is 2.04 bits per heavy atom. The summed E-state index contributed by atoms with van der Waals surface area (Å²) in [6, 6.07) is 4.72. The highest BCUT2D eigenvalue weighted by Gasteiger charge is 2.26. The van der Waals surface area contributed by atoms with Crippen molar-refractivity contribution in [3.63, 3.8) is 0 Å². The van der Waals surface area contributed by atoms with Gasteiger partial charge in [0.1, 0.15) is 23.9 Å². The second-order valence-electron chi connectivity index (χ2n) is 6.03. The molecular weight excluding hydrogens is 320 g/mol. The van der Waals surface area contributed by atoms with E-state index in [1.54, 1.807) is 32.4 Å². The van der Waals surface area contributed by atoms with Gasteiger partial charge in [0.05, 0.1) is 26.8 Å². The predicted octanol–water partition coefficient (Wildman–Crippen LogP) is 1.99. The molecule has 0 unspecified atom stereocenters. The van der Waals surface area contributed by atoms with Crippen LogP contribution in [0.15, 0.2) is 18.2 Å². The van der Waals surface area contributed by atoms with E-state index in [4.69, 9.17) is 19.9 Å². The van der Waals surface area contributed by atoms with Crippen molar-refractivity contribution in [2.45, 2.75) is 26.8 Å². The first kappa shape index (κ1) is 21.3. The molecule has 1 aromatic carbocycles. The third kappa shape index (κ3) is 6.97. The van der Waals surface area contributed by atoms with E-state index in [2.05, 4.69) is 5.32 Å². The van der Waals surface area contributed by atoms with Gasteiger partial charge in [-0.05, 0) is 5.41 Å². The van der Waals surface area contributed by atoms with Crippen molar-refractivity contribution >= 4 is 18.3 Å². The average molecular weight is 347 g/mol. The highest BCUT2D eigenvalue weighted by Crippen LogP contribution is 2.27. The van der Waals surface area contributed by atoms with Crippen LogP contribution in [0.3, 0.4) is 0 Å². The third-order valence-electron chi connectivity index (χ3n) is 3.21. The average Bonchev–Trinajstić information content (AvgIpc) is 2.49. The summed E-state index contributed by atoms with van der Waals surface area (Å²) in [5.41, 5.74) is 5.60. The minimum atomic E-state index is -0.551. The molecule has 0 saturated carbocycles. The number of amides is 1. The minimum Gasteiger partial charge on any atom is -0.496 e. The Kier molecular flexibility index (Phi) is 8.79. The number of hydrogen-bond donors (Lipinski definition) is 2. The molecular formula is C16H27ClN2O4. The van der Waals surface area contributed by atoms with Crippen LogP contribution in [0.2, 0.25) is 0 Å². The minimum absolute atomic E-state index is 0. The summed E-state index contributed by atoms with van der Waals surface area (Å²) >= 11 is 0. The van der Waals surface area contributed by atoms with Crippen LogP contribution in [-0.4, -0.2) is 39.3 Å². The maximum atomic E-state index is 11.9. The van der Waals surface area contributed by atoms with Crippen LogP contribution in [0.4, 0.5) is 0 Å². The molecule has 1 amide bonds. The molecule has 0 radical (unpaired) electrons. The summed E-state index contributed by atoms with van der Waals surface area (Å²) in [4.78, 5) is 11.9. The number of methoxy groups -OCH3 is 2. The van der Waals surface area contributed by atoms with E-state index in [1.807, 2.05) is 20.8 Å². The van der Waals surface area contributed by atoms with Gasteiger partial charge in [-0.15, -0.1) is 12.4 Å². The molecule has 0 saturated heterocycles. The number of hydrogen-bond acceptors (Lipinski definition) is 5. The summed E-state index contributed by atoms with van der Waals surface area (Å²) < 4.78 is 15.9. The number of ether oxygens (including phenoxy) is 3. The SMILES string of the molecule is COc1cc(OC)cc(OCCNC(=O)[C@@H](N)C(C)(C)C)c1.Cl. The van der Waals surface area contributed by atoms with Crippen LogP contribution in [0.25, 0.3) is 0 Å². The van der Waals surface area contributed by atoms with E-state index in [0.29, 0.717) is 30.4 Å². The van der Waals surface area contributed by atoms with E-state index < -0.39 is 6.04 Å². The van der Waals surface area contributed by atoms with Crippen LogP contribution < -0.4 is 25.3 Å². The molecule has 0 spiro atoms. The zero-order chi connectivity index (χ0) is 16.8. The number of benzene rings is 1. The van der Waals surface area contributed by atoms with E-state index in [1.165, 1.54) is 0 Å². The molecule has 3 N–H and O–H groups in total. The summed E-state index contributed by atoms with van der Waals surface area (Å²) in [6.07, 6.45) is 0. The van der Waals surface area contributed by atoms with E-state index in [-0.39, 0.29) is 23.7 Å². The molecule has 7 heteroatoms. The molecule has 6 nitrogen and oxygen atoms in total. The van der Waals surface area contributed by atoms with Crippen molar-refractivity contribution in [2.24, 2.45) is 11.1 Å². The maximum absolute atomic E-state index is 11.9. The normalized spacial score (nSPS) is 11.9. The molecule has 23 heavy (non-hydrogen) atoms. The van der Waals surface area contributed by atoms with Gasteiger partial charge in [0.15, 0.2) is 0 Å². The second-order valence-corrected chi connectivity index (χ2v) is 6.03. The summed E-state index contributed by atoms with van der Waals surface area (Å²) in [5.74, 6) is 1.73. The summed E-state index contributed by atoms with van der Waals surface area (Å²) in [6.45, 7) is 6.49. The van der Waals surface area contributed by atoms with Crippen molar-refractivity contribution < 1.29 is 19.0 Å². The molecule has 0 aliphatic rings. The molecule has 0 aliphatic heterocycles. The number of nitrogens with one attached hydrogen (secondary N) is 1. The van der Waals surface area contributed by atoms with Crippen molar-refractivity contribution in [3.05, 3.63) is 18.2 Å². The fourth-order valence-corrected chi connectivity index (χ4v) is 1.71. The standard InChI is InChI=1S/C16H26N2O4.ClH/c1-16(2,3)14(17)15(19)18-6-7-22-13-9-11(20-4)8-12(10-13)21-5;/h8-10,14H,6-7,17H2,1-5H3,(H,18,19);1H/t14-;/m1./s1. The molecule has 1 rings (SSSR count). The van der Waals surface area contributed by atoms with Crippen molar-refractivity contribution in [3.8, 4) is 17.2 Å². The topological polar surface area (TPSA) is 82.8 Å². The first-order valence-corrected chi connectivity index (χ1v) is 7.17. The van der Waals surface area contributed by atoms with Crippen LogP contribution in [-0.2, 0) is 4.79 Å². The highest BCUT2D eigenvalue weighted by atomic mass is 35.5. The van der Waals surface area contributed by atoms with Gasteiger partial charge in [0, 0.05) is 18.2 Å². The van der Waals surface area contributed by atoms with Gasteiger partial charge in [-0.25, -0.2) is 0 Å². The van der Waals surface area contributed by atoms with Gasteiger partial charge < -0.3 is 25.3 Å². The van der Waals surface area contributed by atoms with Gasteiger partial charge in [0.2, 0.25) is 5.91 Å². The number of carbonyl (C=O) groups excluding carboxylic acids is 1. The van der Waals surface area contributed by atoms with Crippen molar-refractivity contribution in [1.29, 1.82) is 0 Å². The van der Waals surface area contributed by atoms with Gasteiger partial charge >= 0.3 is 0 Å². The lowest BCUT2D eigenvalue weighted by Gasteiger charge is -2.25. The Bertz CT molecular complexity index is 481. The molecule has 0 bridgehead atoms. The monoisotopic (exact) mass is 346 g/mol. The highest BCUT2D eigenvalue weighted by molar-refractivity contribution is 5.85. The molecule has 0 heterocycles. The Morgan fingerprint density at radius 1 is 1.13 bits per heavy atom. The number of rotatable bonds is 7. The Morgan fingerprint density at radius 2 is 1.61 bits per heavy atom. The van der Waals surface area contributed by atoms with Crippen LogP contribution in [0, 0.1) is 5.41 Å². The molecule has 1 aromatic rings. The van der Waals surface area contributed by atoms with Crippen molar-refractivity contribution in [1.82, 2.24) is 5.32 Å². The smallest absolute Gasteiger partial charge is 0.237 e. The lowest BCUT2D eigenvalue weighted by atomic mass is 9.87. The Labute approximate surface area is 144 Å². The second kappa shape index (κ2) is 9.47. The Balaban J connectivity index is 0.00000484. The number of halogens is 1. The van der Waals surface area contributed by atoms with Crippen LogP contribution >= 0.6 is 12.4 Å². The fraction of sp³-hybridized carbons (Fsp3) is 0.562. The van der Waals surface area contributed by atoms with Crippen LogP contribution in [0.1, 0.15) is 20.8 Å². The predicted molar refractivity (Wildman–Crippen MR) is 92.7 cm³/mol. The van der Waals surface area contributed by atoms with Gasteiger partial charge in [0.25, 0.3) is 0 Å². The quantitative estimate of drug-likeness (QED) is 0.738. The summed E-state index contributed by atoms with van der Waals surface area (Å²) in [5, 5.41) is 2.76. The van der Waals surface area contributed by atoms with Gasteiger partial charge in [-0.1, -0.05) is 20.8 Å². The van der Waals surface area contributed by atoms with E-state index in [9.17, 15) is 4.79 Å².